The van der Waals surface area contributed by atoms with Gasteiger partial charge in [-0.15, -0.1) is 0 Å². The first kappa shape index (κ1) is 14.3. The van der Waals surface area contributed by atoms with Gasteiger partial charge >= 0.3 is 0 Å². The molecule has 20 heavy (non-hydrogen) atoms. The summed E-state index contributed by atoms with van der Waals surface area (Å²) in [4.78, 5) is 0. The van der Waals surface area contributed by atoms with Crippen LogP contribution in [0.1, 0.15) is 18.1 Å². The van der Waals surface area contributed by atoms with Crippen LogP contribution in [0, 0.1) is 6.92 Å². The predicted molar refractivity (Wildman–Crippen MR) is 82.4 cm³/mol. The molecule has 0 aliphatic rings. The van der Waals surface area contributed by atoms with Crippen LogP contribution in [-0.4, -0.2) is 13.2 Å². The molecule has 0 amide bonds. The monoisotopic (exact) mass is 271 g/mol. The third kappa shape index (κ3) is 3.67. The van der Waals surface area contributed by atoms with Crippen molar-refractivity contribution in [3.8, 4) is 11.5 Å². The summed E-state index contributed by atoms with van der Waals surface area (Å²) in [6, 6.07) is 13.8. The Morgan fingerprint density at radius 3 is 2.40 bits per heavy atom. The van der Waals surface area contributed by atoms with Crippen molar-refractivity contribution in [1.82, 2.24) is 0 Å². The van der Waals surface area contributed by atoms with Crippen molar-refractivity contribution in [2.24, 2.45) is 0 Å². The molecule has 0 unspecified atom stereocenters. The van der Waals surface area contributed by atoms with Crippen molar-refractivity contribution < 1.29 is 9.47 Å². The maximum absolute atomic E-state index is 5.76. The van der Waals surface area contributed by atoms with Gasteiger partial charge in [-0.1, -0.05) is 31.2 Å². The van der Waals surface area contributed by atoms with E-state index in [-0.39, 0.29) is 0 Å². The van der Waals surface area contributed by atoms with Gasteiger partial charge in [-0.2, -0.15) is 0 Å². The van der Waals surface area contributed by atoms with E-state index in [1.54, 1.807) is 0 Å². The molecule has 0 atom stereocenters. The molecule has 0 bridgehead atoms. The van der Waals surface area contributed by atoms with Crippen LogP contribution in [0.3, 0.4) is 0 Å². The first-order valence-electron chi connectivity index (χ1n) is 6.90. The fraction of sp³-hybridized carbons (Fsp3) is 0.294. The highest BCUT2D eigenvalue weighted by Crippen LogP contribution is 2.21. The van der Waals surface area contributed by atoms with Gasteiger partial charge in [-0.05, 0) is 36.6 Å². The van der Waals surface area contributed by atoms with Crippen LogP contribution in [0.2, 0.25) is 0 Å². The molecule has 3 heteroatoms. The minimum absolute atomic E-state index is 0.502. The highest BCUT2D eigenvalue weighted by atomic mass is 16.5. The van der Waals surface area contributed by atoms with Gasteiger partial charge in [-0.25, -0.2) is 0 Å². The fourth-order valence-corrected chi connectivity index (χ4v) is 2.01. The molecule has 2 N–H and O–H groups in total. The number of hydrogen-bond acceptors (Lipinski definition) is 3. The predicted octanol–water partition coefficient (Wildman–Crippen LogP) is 3.60. The molecular formula is C17H21NO2. The molecule has 3 nitrogen and oxygen atoms in total. The number of benzene rings is 2. The van der Waals surface area contributed by atoms with E-state index in [1.165, 1.54) is 5.56 Å². The number of rotatable bonds is 6. The third-order valence-corrected chi connectivity index (χ3v) is 3.16. The number of aryl methyl sites for hydroxylation is 2. The van der Waals surface area contributed by atoms with Gasteiger partial charge in [0.1, 0.15) is 24.7 Å². The molecule has 2 aromatic carbocycles. The van der Waals surface area contributed by atoms with E-state index >= 15 is 0 Å². The Labute approximate surface area is 120 Å². The zero-order chi connectivity index (χ0) is 14.4. The Kier molecular flexibility index (Phi) is 4.88. The number of anilines is 1. The van der Waals surface area contributed by atoms with Gasteiger partial charge in [0.05, 0.1) is 0 Å². The van der Waals surface area contributed by atoms with E-state index in [0.29, 0.717) is 18.9 Å². The molecule has 0 aliphatic heterocycles. The van der Waals surface area contributed by atoms with Crippen LogP contribution >= 0.6 is 0 Å². The maximum atomic E-state index is 5.76. The summed E-state index contributed by atoms with van der Waals surface area (Å²) in [5, 5.41) is 0. The molecule has 0 heterocycles. The zero-order valence-corrected chi connectivity index (χ0v) is 12.1. The van der Waals surface area contributed by atoms with E-state index < -0.39 is 0 Å². The highest BCUT2D eigenvalue weighted by Gasteiger charge is 2.02. The lowest BCUT2D eigenvalue weighted by atomic mass is 10.1. The maximum Gasteiger partial charge on any atom is 0.124 e. The largest absolute Gasteiger partial charge is 0.490 e. The van der Waals surface area contributed by atoms with Crippen LogP contribution in [0.5, 0.6) is 11.5 Å². The Balaban J connectivity index is 1.86. The highest BCUT2D eigenvalue weighted by molar-refractivity contribution is 5.47. The van der Waals surface area contributed by atoms with Gasteiger partial charge < -0.3 is 15.2 Å². The molecule has 0 aromatic heterocycles. The van der Waals surface area contributed by atoms with Crippen molar-refractivity contribution in [3.05, 3.63) is 53.6 Å². The Bertz CT molecular complexity index is 567. The van der Waals surface area contributed by atoms with Crippen molar-refractivity contribution in [3.63, 3.8) is 0 Å². The van der Waals surface area contributed by atoms with Gasteiger partial charge in [0.2, 0.25) is 0 Å². The van der Waals surface area contributed by atoms with E-state index in [1.807, 2.05) is 43.3 Å². The lowest BCUT2D eigenvalue weighted by Crippen LogP contribution is -2.10. The van der Waals surface area contributed by atoms with Gasteiger partial charge in [0, 0.05) is 11.8 Å². The first-order chi connectivity index (χ1) is 9.70. The van der Waals surface area contributed by atoms with E-state index in [2.05, 4.69) is 13.0 Å². The molecule has 0 saturated carbocycles. The average molecular weight is 271 g/mol. The minimum Gasteiger partial charge on any atom is -0.490 e. The lowest BCUT2D eigenvalue weighted by molar-refractivity contribution is 0.215. The van der Waals surface area contributed by atoms with E-state index in [4.69, 9.17) is 15.2 Å². The molecular weight excluding hydrogens is 250 g/mol. The van der Waals surface area contributed by atoms with Crippen molar-refractivity contribution in [2.45, 2.75) is 20.3 Å². The summed E-state index contributed by atoms with van der Waals surface area (Å²) in [6.07, 6.45) is 0.964. The summed E-state index contributed by atoms with van der Waals surface area (Å²) < 4.78 is 11.5. The van der Waals surface area contributed by atoms with Gasteiger partial charge in [-0.3, -0.25) is 0 Å². The van der Waals surface area contributed by atoms with Crippen molar-refractivity contribution in [1.29, 1.82) is 0 Å². The Morgan fingerprint density at radius 2 is 1.65 bits per heavy atom. The SMILES string of the molecule is CCc1ccccc1OCCOc1cc(N)ccc1C. The summed E-state index contributed by atoms with van der Waals surface area (Å²) in [6.45, 7) is 5.14. The van der Waals surface area contributed by atoms with E-state index in [0.717, 1.165) is 23.5 Å². The molecule has 2 rings (SSSR count). The second kappa shape index (κ2) is 6.85. The third-order valence-electron chi connectivity index (χ3n) is 3.16. The number of nitrogens with two attached hydrogens (primary N) is 1. The second-order valence-corrected chi connectivity index (χ2v) is 4.68. The summed E-state index contributed by atoms with van der Waals surface area (Å²) >= 11 is 0. The smallest absolute Gasteiger partial charge is 0.124 e. The van der Waals surface area contributed by atoms with Crippen LogP contribution in [0.25, 0.3) is 0 Å². The normalized spacial score (nSPS) is 10.3. The number of nitrogen functional groups attached to an aromatic ring is 1. The van der Waals surface area contributed by atoms with Crippen LogP contribution < -0.4 is 15.2 Å². The van der Waals surface area contributed by atoms with Crippen molar-refractivity contribution in [2.75, 3.05) is 18.9 Å². The summed E-state index contributed by atoms with van der Waals surface area (Å²) in [5.41, 5.74) is 8.75. The standard InChI is InChI=1S/C17H21NO2/c1-3-14-6-4-5-7-16(14)19-10-11-20-17-12-15(18)9-8-13(17)2/h4-9,12H,3,10-11,18H2,1-2H3. The van der Waals surface area contributed by atoms with E-state index in [9.17, 15) is 0 Å². The van der Waals surface area contributed by atoms with Gasteiger partial charge in [0.25, 0.3) is 0 Å². The number of hydrogen-bond donors (Lipinski definition) is 1. The molecule has 2 aromatic rings. The fourth-order valence-electron chi connectivity index (χ4n) is 2.01. The zero-order valence-electron chi connectivity index (χ0n) is 12.1. The first-order valence-corrected chi connectivity index (χ1v) is 6.90. The molecule has 106 valence electrons. The minimum atomic E-state index is 0.502. The van der Waals surface area contributed by atoms with Crippen LogP contribution in [0.4, 0.5) is 5.69 Å². The number of para-hydroxylation sites is 1. The quantitative estimate of drug-likeness (QED) is 0.645. The summed E-state index contributed by atoms with van der Waals surface area (Å²) in [5.74, 6) is 1.75. The number of ether oxygens (including phenoxy) is 2. The molecule has 0 aliphatic carbocycles. The molecule has 0 fully saturated rings. The molecule has 0 spiro atoms. The Hall–Kier alpha value is -2.16. The van der Waals surface area contributed by atoms with Gasteiger partial charge in [0.15, 0.2) is 0 Å². The lowest BCUT2D eigenvalue weighted by Gasteiger charge is -2.12. The van der Waals surface area contributed by atoms with Crippen LogP contribution in [-0.2, 0) is 6.42 Å². The average Bonchev–Trinajstić information content (AvgIpc) is 2.47. The topological polar surface area (TPSA) is 44.5 Å². The van der Waals surface area contributed by atoms with Crippen molar-refractivity contribution >= 4 is 5.69 Å². The summed E-state index contributed by atoms with van der Waals surface area (Å²) in [7, 11) is 0. The molecule has 0 saturated heterocycles. The second-order valence-electron chi connectivity index (χ2n) is 4.68. The van der Waals surface area contributed by atoms with Crippen LogP contribution in [0.15, 0.2) is 42.5 Å². The molecule has 0 radical (unpaired) electrons. The Morgan fingerprint density at radius 1 is 0.950 bits per heavy atom.